The molecule has 10 heteroatoms. The number of nitro groups is 1. The van der Waals surface area contributed by atoms with E-state index in [2.05, 4.69) is 5.32 Å². The van der Waals surface area contributed by atoms with Crippen LogP contribution in [0.2, 0.25) is 0 Å². The number of hydrogen-bond donors (Lipinski definition) is 1. The van der Waals surface area contributed by atoms with Gasteiger partial charge in [-0.25, -0.2) is 4.79 Å². The van der Waals surface area contributed by atoms with Gasteiger partial charge in [-0.3, -0.25) is 29.4 Å². The Kier molecular flexibility index (Phi) is 7.50. The summed E-state index contributed by atoms with van der Waals surface area (Å²) in [5.41, 5.74) is 0.120. The molecule has 0 saturated heterocycles. The molecule has 0 aromatic heterocycles. The Morgan fingerprint density at radius 2 is 1.79 bits per heavy atom. The maximum absolute atomic E-state index is 12.5. The molecule has 172 valence electrons. The molecule has 0 radical (unpaired) electrons. The van der Waals surface area contributed by atoms with Gasteiger partial charge in [0.05, 0.1) is 28.3 Å². The van der Waals surface area contributed by atoms with Gasteiger partial charge in [-0.2, -0.15) is 0 Å². The first kappa shape index (κ1) is 23.6. The van der Waals surface area contributed by atoms with E-state index < -0.39 is 22.7 Å². The van der Waals surface area contributed by atoms with Crippen molar-refractivity contribution in [3.05, 3.63) is 69.3 Å². The quantitative estimate of drug-likeness (QED) is 0.191. The maximum Gasteiger partial charge on any atom is 0.340 e. The Morgan fingerprint density at radius 1 is 1.03 bits per heavy atom. The zero-order chi connectivity index (χ0) is 24.0. The fourth-order valence-corrected chi connectivity index (χ4v) is 3.59. The van der Waals surface area contributed by atoms with Crippen molar-refractivity contribution in [1.82, 2.24) is 4.90 Å². The summed E-state index contributed by atoms with van der Waals surface area (Å²) in [6, 6.07) is 10.5. The summed E-state index contributed by atoms with van der Waals surface area (Å²) in [5, 5.41) is 13.9. The van der Waals surface area contributed by atoms with Crippen LogP contribution >= 0.6 is 0 Å². The van der Waals surface area contributed by atoms with Gasteiger partial charge in [-0.05, 0) is 38.0 Å². The molecular weight excluding hydrogens is 430 g/mol. The van der Waals surface area contributed by atoms with Gasteiger partial charge in [0, 0.05) is 19.0 Å². The van der Waals surface area contributed by atoms with E-state index in [1.165, 1.54) is 18.2 Å². The van der Waals surface area contributed by atoms with E-state index in [1.807, 2.05) is 0 Å². The number of anilines is 1. The van der Waals surface area contributed by atoms with Crippen molar-refractivity contribution in [2.45, 2.75) is 32.6 Å². The van der Waals surface area contributed by atoms with Crippen molar-refractivity contribution >= 4 is 35.1 Å². The first-order valence-corrected chi connectivity index (χ1v) is 10.5. The van der Waals surface area contributed by atoms with Gasteiger partial charge in [0.2, 0.25) is 5.91 Å². The lowest BCUT2D eigenvalue weighted by atomic mass is 10.1. The van der Waals surface area contributed by atoms with Crippen molar-refractivity contribution in [2.24, 2.45) is 0 Å². The van der Waals surface area contributed by atoms with E-state index in [4.69, 9.17) is 4.74 Å². The molecular formula is C23H23N3O7. The van der Waals surface area contributed by atoms with Crippen LogP contribution in [0.1, 0.15) is 63.7 Å². The fourth-order valence-electron chi connectivity index (χ4n) is 3.59. The Balaban J connectivity index is 1.48. The number of ether oxygens (including phenoxy) is 1. The van der Waals surface area contributed by atoms with Crippen LogP contribution in [0.3, 0.4) is 0 Å². The number of carbonyl (C=O) groups is 4. The van der Waals surface area contributed by atoms with E-state index in [9.17, 15) is 29.3 Å². The van der Waals surface area contributed by atoms with Crippen molar-refractivity contribution in [3.8, 4) is 0 Å². The van der Waals surface area contributed by atoms with Crippen LogP contribution in [-0.4, -0.2) is 46.7 Å². The van der Waals surface area contributed by atoms with Crippen LogP contribution in [-0.2, 0) is 9.53 Å². The number of nitrogens with one attached hydrogen (secondary N) is 1. The third kappa shape index (κ3) is 5.22. The van der Waals surface area contributed by atoms with Crippen LogP contribution < -0.4 is 5.32 Å². The number of fused-ring (bicyclic) bond motifs is 1. The Labute approximate surface area is 189 Å². The highest BCUT2D eigenvalue weighted by Gasteiger charge is 2.40. The summed E-state index contributed by atoms with van der Waals surface area (Å²) >= 11 is 0. The molecule has 0 fully saturated rings. The van der Waals surface area contributed by atoms with Crippen LogP contribution in [0, 0.1) is 10.1 Å². The Bertz CT molecular complexity index is 1110. The molecule has 0 spiro atoms. The van der Waals surface area contributed by atoms with Crippen molar-refractivity contribution in [1.29, 1.82) is 0 Å². The lowest BCUT2D eigenvalue weighted by Gasteiger charge is -2.13. The molecule has 3 amide bonds. The molecule has 10 nitrogen and oxygen atoms in total. The number of imide groups is 1. The highest BCUT2D eigenvalue weighted by atomic mass is 16.6. The SMILES string of the molecule is CCOC(=O)c1ccccc1NC(=O)CCCCCN1C(=O)c2cccc([N+](=O)[O-])c2C1=O. The molecule has 3 rings (SSSR count). The molecule has 1 heterocycles. The molecule has 0 saturated carbocycles. The van der Waals surface area contributed by atoms with Crippen molar-refractivity contribution < 1.29 is 28.8 Å². The standard InChI is InChI=1S/C23H23N3O7/c1-2-33-23(30)15-9-5-6-11-17(15)24-19(27)13-4-3-7-14-25-21(28)16-10-8-12-18(26(31)32)20(16)22(25)29/h5-6,8-12H,2-4,7,13-14H2,1H3,(H,24,27). The molecule has 0 bridgehead atoms. The van der Waals surface area contributed by atoms with Gasteiger partial charge < -0.3 is 10.1 Å². The topological polar surface area (TPSA) is 136 Å². The molecule has 0 aliphatic carbocycles. The molecule has 2 aromatic carbocycles. The molecule has 1 aliphatic rings. The van der Waals surface area contributed by atoms with Crippen molar-refractivity contribution in [3.63, 3.8) is 0 Å². The van der Waals surface area contributed by atoms with Crippen LogP contribution in [0.25, 0.3) is 0 Å². The third-order valence-electron chi connectivity index (χ3n) is 5.16. The number of nitro benzene ring substituents is 1. The Hall–Kier alpha value is -4.08. The molecule has 0 unspecified atom stereocenters. The van der Waals surface area contributed by atoms with Gasteiger partial charge >= 0.3 is 5.97 Å². The number of benzene rings is 2. The first-order chi connectivity index (χ1) is 15.8. The summed E-state index contributed by atoms with van der Waals surface area (Å²) in [6.45, 7) is 2.03. The number of rotatable bonds is 10. The summed E-state index contributed by atoms with van der Waals surface area (Å²) in [5.74, 6) is -2.01. The van der Waals surface area contributed by atoms with Gasteiger partial charge in [0.15, 0.2) is 0 Å². The zero-order valence-electron chi connectivity index (χ0n) is 18.0. The minimum absolute atomic E-state index is 0.0360. The van der Waals surface area contributed by atoms with Crippen LogP contribution in [0.5, 0.6) is 0 Å². The summed E-state index contributed by atoms with van der Waals surface area (Å²) < 4.78 is 4.99. The molecule has 1 N–H and O–H groups in total. The summed E-state index contributed by atoms with van der Waals surface area (Å²) in [7, 11) is 0. The second-order valence-electron chi connectivity index (χ2n) is 7.34. The lowest BCUT2D eigenvalue weighted by molar-refractivity contribution is -0.385. The zero-order valence-corrected chi connectivity index (χ0v) is 18.0. The first-order valence-electron chi connectivity index (χ1n) is 10.5. The highest BCUT2D eigenvalue weighted by Crippen LogP contribution is 2.30. The highest BCUT2D eigenvalue weighted by molar-refractivity contribution is 6.23. The Morgan fingerprint density at radius 3 is 2.52 bits per heavy atom. The number of para-hydroxylation sites is 1. The smallest absolute Gasteiger partial charge is 0.340 e. The van der Waals surface area contributed by atoms with Gasteiger partial charge in [-0.1, -0.05) is 24.6 Å². The minimum Gasteiger partial charge on any atom is -0.462 e. The van der Waals surface area contributed by atoms with Crippen molar-refractivity contribution in [2.75, 3.05) is 18.5 Å². The molecule has 1 aliphatic heterocycles. The lowest BCUT2D eigenvalue weighted by Crippen LogP contribution is -2.30. The van der Waals surface area contributed by atoms with Gasteiger partial charge in [-0.15, -0.1) is 0 Å². The number of unbranched alkanes of at least 4 members (excludes halogenated alkanes) is 2. The monoisotopic (exact) mass is 453 g/mol. The van der Waals surface area contributed by atoms with Crippen LogP contribution in [0.15, 0.2) is 42.5 Å². The average Bonchev–Trinajstić information content (AvgIpc) is 3.04. The third-order valence-corrected chi connectivity index (χ3v) is 5.16. The number of amides is 3. The summed E-state index contributed by atoms with van der Waals surface area (Å²) in [6.07, 6.45) is 1.69. The second kappa shape index (κ2) is 10.5. The van der Waals surface area contributed by atoms with Crippen LogP contribution in [0.4, 0.5) is 11.4 Å². The normalized spacial score (nSPS) is 12.5. The predicted molar refractivity (Wildman–Crippen MR) is 118 cm³/mol. The number of nitrogens with zero attached hydrogens (tertiary/aromatic N) is 2. The van der Waals surface area contributed by atoms with E-state index in [1.54, 1.807) is 31.2 Å². The minimum atomic E-state index is -0.674. The van der Waals surface area contributed by atoms with E-state index >= 15 is 0 Å². The van der Waals surface area contributed by atoms with Gasteiger partial charge in [0.25, 0.3) is 17.5 Å². The predicted octanol–water partition coefficient (Wildman–Crippen LogP) is 3.57. The fraction of sp³-hybridized carbons (Fsp3) is 0.304. The largest absolute Gasteiger partial charge is 0.462 e. The molecule has 33 heavy (non-hydrogen) atoms. The summed E-state index contributed by atoms with van der Waals surface area (Å²) in [4.78, 5) is 60.8. The average molecular weight is 453 g/mol. The van der Waals surface area contributed by atoms with Gasteiger partial charge in [0.1, 0.15) is 5.56 Å². The second-order valence-corrected chi connectivity index (χ2v) is 7.34. The number of esters is 1. The van der Waals surface area contributed by atoms with E-state index in [0.717, 1.165) is 4.90 Å². The number of hydrogen-bond acceptors (Lipinski definition) is 7. The maximum atomic E-state index is 12.5. The molecule has 0 atom stereocenters. The number of carbonyl (C=O) groups excluding carboxylic acids is 4. The van der Waals surface area contributed by atoms with E-state index in [0.29, 0.717) is 24.9 Å². The van der Waals surface area contributed by atoms with E-state index in [-0.39, 0.29) is 47.9 Å². The molecule has 2 aromatic rings.